The Labute approximate surface area is 165 Å². The van der Waals surface area contributed by atoms with Crippen LogP contribution in [0.4, 0.5) is 0 Å². The second kappa shape index (κ2) is 8.03. The van der Waals surface area contributed by atoms with Gasteiger partial charge >= 0.3 is 0 Å². The van der Waals surface area contributed by atoms with Crippen LogP contribution >= 0.6 is 11.6 Å². The third-order valence-corrected chi connectivity index (χ3v) is 6.06. The van der Waals surface area contributed by atoms with E-state index in [1.54, 1.807) is 6.20 Å². The molecule has 1 aromatic heterocycles. The molecule has 0 radical (unpaired) electrons. The number of amides is 1. The number of nitrogens with one attached hydrogen (secondary N) is 2. The van der Waals surface area contributed by atoms with E-state index in [0.29, 0.717) is 17.4 Å². The van der Waals surface area contributed by atoms with E-state index in [1.807, 2.05) is 29.8 Å². The average Bonchev–Trinajstić information content (AvgIpc) is 3.42. The summed E-state index contributed by atoms with van der Waals surface area (Å²) < 4.78 is 1.89. The van der Waals surface area contributed by atoms with Gasteiger partial charge in [0.05, 0.1) is 23.1 Å². The first-order valence-electron chi connectivity index (χ1n) is 9.97. The molecule has 1 aliphatic carbocycles. The molecule has 1 saturated carbocycles. The van der Waals surface area contributed by atoms with Gasteiger partial charge in [-0.2, -0.15) is 5.10 Å². The number of carbonyl (C=O) groups is 1. The van der Waals surface area contributed by atoms with Crippen molar-refractivity contribution >= 4 is 17.5 Å². The van der Waals surface area contributed by atoms with E-state index in [9.17, 15) is 4.79 Å². The van der Waals surface area contributed by atoms with E-state index in [4.69, 9.17) is 11.6 Å². The van der Waals surface area contributed by atoms with Crippen LogP contribution in [0.5, 0.6) is 0 Å². The van der Waals surface area contributed by atoms with E-state index in [2.05, 4.69) is 15.7 Å². The summed E-state index contributed by atoms with van der Waals surface area (Å²) >= 11 is 6.30. The fourth-order valence-corrected chi connectivity index (χ4v) is 4.03. The predicted molar refractivity (Wildman–Crippen MR) is 108 cm³/mol. The fourth-order valence-electron chi connectivity index (χ4n) is 3.86. The van der Waals surface area contributed by atoms with Gasteiger partial charge in [0, 0.05) is 17.5 Å². The van der Waals surface area contributed by atoms with Crippen molar-refractivity contribution < 1.29 is 4.79 Å². The lowest BCUT2D eigenvalue weighted by atomic mass is 9.96. The van der Waals surface area contributed by atoms with E-state index in [1.165, 1.54) is 12.8 Å². The zero-order valence-electron chi connectivity index (χ0n) is 15.8. The van der Waals surface area contributed by atoms with Crippen molar-refractivity contribution in [3.05, 3.63) is 46.2 Å². The highest BCUT2D eigenvalue weighted by Crippen LogP contribution is 2.42. The van der Waals surface area contributed by atoms with Gasteiger partial charge in [-0.05, 0) is 75.7 Å². The number of nitrogens with zero attached hydrogens (tertiary/aromatic N) is 2. The molecule has 5 nitrogen and oxygen atoms in total. The van der Waals surface area contributed by atoms with Gasteiger partial charge in [-0.3, -0.25) is 4.79 Å². The minimum Gasteiger partial charge on any atom is -0.352 e. The second-order valence-electron chi connectivity index (χ2n) is 7.82. The fraction of sp³-hybridized carbons (Fsp3) is 0.524. The number of aromatic nitrogens is 2. The summed E-state index contributed by atoms with van der Waals surface area (Å²) in [5.74, 6) is 1.07. The molecule has 2 heterocycles. The first kappa shape index (κ1) is 18.5. The highest BCUT2D eigenvalue weighted by molar-refractivity contribution is 6.31. The van der Waals surface area contributed by atoms with Crippen LogP contribution in [0.25, 0.3) is 5.69 Å². The number of rotatable bonds is 6. The zero-order valence-corrected chi connectivity index (χ0v) is 16.6. The number of halogens is 1. The van der Waals surface area contributed by atoms with Crippen molar-refractivity contribution in [3.8, 4) is 5.69 Å². The minimum absolute atomic E-state index is 0.00914. The van der Waals surface area contributed by atoms with Crippen molar-refractivity contribution in [3.63, 3.8) is 0 Å². The molecule has 1 atom stereocenters. The van der Waals surface area contributed by atoms with Crippen LogP contribution in [0.15, 0.2) is 24.4 Å². The summed E-state index contributed by atoms with van der Waals surface area (Å²) in [5, 5.41) is 11.8. The molecule has 2 aromatic rings. The van der Waals surface area contributed by atoms with E-state index >= 15 is 0 Å². The summed E-state index contributed by atoms with van der Waals surface area (Å²) in [6.07, 6.45) is 7.44. The molecular formula is C21H27ClN4O. The Hall–Kier alpha value is -1.85. The Balaban J connectivity index is 1.48. The van der Waals surface area contributed by atoms with Crippen LogP contribution in [-0.2, 0) is 0 Å². The first-order valence-corrected chi connectivity index (χ1v) is 10.3. The summed E-state index contributed by atoms with van der Waals surface area (Å²) in [4.78, 5) is 12.8. The maximum absolute atomic E-state index is 12.8. The quantitative estimate of drug-likeness (QED) is 0.793. The minimum atomic E-state index is -0.00914. The molecule has 0 spiro atoms. The van der Waals surface area contributed by atoms with Crippen LogP contribution in [0, 0.1) is 12.8 Å². The molecule has 1 amide bonds. The topological polar surface area (TPSA) is 59.0 Å². The molecule has 2 aliphatic rings. The number of piperidine rings is 1. The van der Waals surface area contributed by atoms with Gasteiger partial charge in [0.25, 0.3) is 5.91 Å². The van der Waals surface area contributed by atoms with E-state index < -0.39 is 0 Å². The smallest absolute Gasteiger partial charge is 0.254 e. The molecule has 0 bridgehead atoms. The Morgan fingerprint density at radius 2 is 2.22 bits per heavy atom. The highest BCUT2D eigenvalue weighted by Gasteiger charge is 2.33. The van der Waals surface area contributed by atoms with Gasteiger partial charge < -0.3 is 10.6 Å². The van der Waals surface area contributed by atoms with Gasteiger partial charge in [-0.1, -0.05) is 17.7 Å². The third-order valence-electron chi connectivity index (χ3n) is 5.65. The molecule has 4 rings (SSSR count). The Bertz CT molecular complexity index is 822. The lowest BCUT2D eigenvalue weighted by Gasteiger charge is -2.22. The normalized spacial score (nSPS) is 19.9. The maximum atomic E-state index is 12.8. The number of aryl methyl sites for hydroxylation is 1. The molecule has 1 aliphatic heterocycles. The van der Waals surface area contributed by atoms with Gasteiger partial charge in [0.2, 0.25) is 0 Å². The second-order valence-corrected chi connectivity index (χ2v) is 8.23. The lowest BCUT2D eigenvalue weighted by molar-refractivity contribution is 0.0949. The number of carbonyl (C=O) groups excluding carboxylic acids is 1. The van der Waals surface area contributed by atoms with Crippen LogP contribution in [0.3, 0.4) is 0 Å². The van der Waals surface area contributed by atoms with E-state index in [-0.39, 0.29) is 5.91 Å². The summed E-state index contributed by atoms with van der Waals surface area (Å²) in [5.41, 5.74) is 3.68. The third kappa shape index (κ3) is 4.19. The van der Waals surface area contributed by atoms with Crippen molar-refractivity contribution in [1.29, 1.82) is 0 Å². The Morgan fingerprint density at radius 1 is 1.37 bits per heavy atom. The molecule has 27 heavy (non-hydrogen) atoms. The number of benzene rings is 1. The summed E-state index contributed by atoms with van der Waals surface area (Å²) in [6, 6.07) is 5.93. The molecule has 1 aromatic carbocycles. The maximum Gasteiger partial charge on any atom is 0.254 e. The SMILES string of the molecule is Cc1ccc(-n2ncc(C(=O)NCCC3CCCNC3)c2C2CC2)cc1Cl. The monoisotopic (exact) mass is 386 g/mol. The zero-order chi connectivity index (χ0) is 18.8. The highest BCUT2D eigenvalue weighted by atomic mass is 35.5. The number of hydrogen-bond donors (Lipinski definition) is 2. The molecule has 2 N–H and O–H groups in total. The summed E-state index contributed by atoms with van der Waals surface area (Å²) in [7, 11) is 0. The molecule has 1 saturated heterocycles. The Morgan fingerprint density at radius 3 is 2.93 bits per heavy atom. The van der Waals surface area contributed by atoms with Gasteiger partial charge in [0.1, 0.15) is 0 Å². The molecule has 1 unspecified atom stereocenters. The van der Waals surface area contributed by atoms with Crippen molar-refractivity contribution in [2.75, 3.05) is 19.6 Å². The molecular weight excluding hydrogens is 360 g/mol. The van der Waals surface area contributed by atoms with Crippen molar-refractivity contribution in [2.45, 2.75) is 44.9 Å². The largest absolute Gasteiger partial charge is 0.352 e. The average molecular weight is 387 g/mol. The van der Waals surface area contributed by atoms with Crippen LogP contribution in [-0.4, -0.2) is 35.3 Å². The van der Waals surface area contributed by atoms with Crippen LogP contribution in [0.2, 0.25) is 5.02 Å². The van der Waals surface area contributed by atoms with Gasteiger partial charge in [-0.25, -0.2) is 4.68 Å². The van der Waals surface area contributed by atoms with Crippen molar-refractivity contribution in [2.24, 2.45) is 5.92 Å². The first-order chi connectivity index (χ1) is 13.1. The van der Waals surface area contributed by atoms with Crippen LogP contribution < -0.4 is 10.6 Å². The van der Waals surface area contributed by atoms with Crippen molar-refractivity contribution in [1.82, 2.24) is 20.4 Å². The lowest BCUT2D eigenvalue weighted by Crippen LogP contribution is -2.33. The molecule has 2 fully saturated rings. The molecule has 6 heteroatoms. The van der Waals surface area contributed by atoms with Gasteiger partial charge in [0.15, 0.2) is 0 Å². The standard InChI is InChI=1S/C21H27ClN4O/c1-14-4-7-17(11-19(14)22)26-20(16-5-6-16)18(13-25-26)21(27)24-10-8-15-3-2-9-23-12-15/h4,7,11,13,15-16,23H,2-3,5-6,8-10,12H2,1H3,(H,24,27). The predicted octanol–water partition coefficient (Wildman–Crippen LogP) is 3.83. The Kier molecular flexibility index (Phi) is 5.50. The van der Waals surface area contributed by atoms with E-state index in [0.717, 1.165) is 60.9 Å². The van der Waals surface area contributed by atoms with Gasteiger partial charge in [-0.15, -0.1) is 0 Å². The summed E-state index contributed by atoms with van der Waals surface area (Å²) in [6.45, 7) is 4.89. The van der Waals surface area contributed by atoms with Crippen LogP contribution in [0.1, 0.15) is 59.6 Å². The number of hydrogen-bond acceptors (Lipinski definition) is 3. The molecule has 144 valence electrons.